The number of thioether (sulfide) groups is 1. The van der Waals surface area contributed by atoms with Crippen LogP contribution in [-0.4, -0.2) is 28.0 Å². The van der Waals surface area contributed by atoms with E-state index in [4.69, 9.17) is 5.73 Å². The molecular weight excluding hydrogens is 226 g/mol. The van der Waals surface area contributed by atoms with E-state index in [0.29, 0.717) is 16.3 Å². The van der Waals surface area contributed by atoms with Gasteiger partial charge in [-0.1, -0.05) is 13.8 Å². The third kappa shape index (κ3) is 2.23. The van der Waals surface area contributed by atoms with Crippen LogP contribution in [0.4, 0.5) is 10.8 Å². The molecule has 2 atom stereocenters. The highest BCUT2D eigenvalue weighted by Crippen LogP contribution is 2.34. The summed E-state index contributed by atoms with van der Waals surface area (Å²) in [7, 11) is 0. The summed E-state index contributed by atoms with van der Waals surface area (Å²) in [4.78, 5) is 2.43. The molecule has 15 heavy (non-hydrogen) atoms. The van der Waals surface area contributed by atoms with E-state index in [0.717, 1.165) is 18.7 Å². The zero-order chi connectivity index (χ0) is 11.0. The molecule has 1 aromatic heterocycles. The lowest BCUT2D eigenvalue weighted by Crippen LogP contribution is -2.40. The molecule has 0 aromatic carbocycles. The molecule has 2 rings (SSSR count). The van der Waals surface area contributed by atoms with Gasteiger partial charge in [0.05, 0.1) is 0 Å². The summed E-state index contributed by atoms with van der Waals surface area (Å²) >= 11 is 3.59. The topological polar surface area (TPSA) is 42.1 Å². The van der Waals surface area contributed by atoms with Gasteiger partial charge in [-0.15, -0.1) is 0 Å². The monoisotopic (exact) mass is 243 g/mol. The zero-order valence-electron chi connectivity index (χ0n) is 9.36. The molecule has 0 radical (unpaired) electrons. The molecule has 2 unspecified atom stereocenters. The van der Waals surface area contributed by atoms with Gasteiger partial charge in [0, 0.05) is 29.2 Å². The van der Waals surface area contributed by atoms with Gasteiger partial charge in [-0.2, -0.15) is 16.1 Å². The van der Waals surface area contributed by atoms with E-state index < -0.39 is 0 Å². The molecule has 0 spiro atoms. The molecule has 5 heteroatoms. The Morgan fingerprint density at radius 2 is 1.93 bits per heavy atom. The van der Waals surface area contributed by atoms with Crippen LogP contribution in [0.5, 0.6) is 0 Å². The van der Waals surface area contributed by atoms with Crippen molar-refractivity contribution in [1.29, 1.82) is 0 Å². The molecule has 0 amide bonds. The highest BCUT2D eigenvalue weighted by molar-refractivity contribution is 8.00. The van der Waals surface area contributed by atoms with Gasteiger partial charge < -0.3 is 10.6 Å². The second-order valence-electron chi connectivity index (χ2n) is 4.16. The molecule has 3 nitrogen and oxygen atoms in total. The van der Waals surface area contributed by atoms with Crippen LogP contribution >= 0.6 is 23.3 Å². The summed E-state index contributed by atoms with van der Waals surface area (Å²) in [5, 5.41) is 2.64. The first-order valence-electron chi connectivity index (χ1n) is 5.20. The molecule has 0 saturated carbocycles. The lowest BCUT2D eigenvalue weighted by atomic mass is 10.3. The minimum Gasteiger partial charge on any atom is -0.383 e. The first-order chi connectivity index (χ1) is 7.08. The number of hydrogen-bond acceptors (Lipinski definition) is 5. The van der Waals surface area contributed by atoms with Crippen molar-refractivity contribution in [2.45, 2.75) is 31.3 Å². The molecule has 0 bridgehead atoms. The largest absolute Gasteiger partial charge is 0.383 e. The molecule has 1 saturated heterocycles. The number of anilines is 2. The number of hydrogen-bond donors (Lipinski definition) is 1. The van der Waals surface area contributed by atoms with E-state index in [9.17, 15) is 0 Å². The number of rotatable bonds is 1. The fraction of sp³-hybridized carbons (Fsp3) is 0.700. The van der Waals surface area contributed by atoms with Crippen LogP contribution in [0.1, 0.15) is 19.4 Å². The Morgan fingerprint density at radius 3 is 2.40 bits per heavy atom. The van der Waals surface area contributed by atoms with Crippen molar-refractivity contribution in [2.24, 2.45) is 0 Å². The second kappa shape index (κ2) is 4.22. The summed E-state index contributed by atoms with van der Waals surface area (Å²) < 4.78 is 4.21. The molecule has 2 heterocycles. The third-order valence-corrected chi connectivity index (χ3v) is 4.89. The Kier molecular flexibility index (Phi) is 3.11. The van der Waals surface area contributed by atoms with Gasteiger partial charge in [0.1, 0.15) is 10.8 Å². The predicted molar refractivity (Wildman–Crippen MR) is 70.0 cm³/mol. The maximum Gasteiger partial charge on any atom is 0.142 e. The summed E-state index contributed by atoms with van der Waals surface area (Å²) in [5.74, 6) is 0.688. The molecule has 84 valence electrons. The fourth-order valence-corrected chi connectivity index (χ4v) is 4.13. The Morgan fingerprint density at radius 1 is 1.33 bits per heavy atom. The van der Waals surface area contributed by atoms with Gasteiger partial charge in [-0.3, -0.25) is 0 Å². The van der Waals surface area contributed by atoms with Crippen LogP contribution in [0, 0.1) is 6.92 Å². The van der Waals surface area contributed by atoms with Gasteiger partial charge in [0.2, 0.25) is 0 Å². The van der Waals surface area contributed by atoms with E-state index in [1.807, 2.05) is 0 Å². The molecule has 1 aliphatic rings. The average Bonchev–Trinajstić information content (AvgIpc) is 2.46. The first kappa shape index (κ1) is 11.1. The van der Waals surface area contributed by atoms with Crippen LogP contribution in [0.25, 0.3) is 0 Å². The van der Waals surface area contributed by atoms with Crippen molar-refractivity contribution in [3.05, 3.63) is 5.56 Å². The van der Waals surface area contributed by atoms with Crippen LogP contribution < -0.4 is 10.6 Å². The van der Waals surface area contributed by atoms with E-state index in [1.54, 1.807) is 0 Å². The number of nitrogens with two attached hydrogens (primary N) is 1. The Balaban J connectivity index is 2.20. The molecule has 1 fully saturated rings. The van der Waals surface area contributed by atoms with Crippen molar-refractivity contribution < 1.29 is 0 Å². The SMILES string of the molecule is Cc1c(N)nsc1N1CC(C)SC(C)C1. The standard InChI is InChI=1S/C10H17N3S2/c1-6-4-13(5-7(2)14-6)10-8(3)9(11)12-15-10/h6-7H,4-5H2,1-3H3,(H2,11,12). The highest BCUT2D eigenvalue weighted by Gasteiger charge is 2.25. The highest BCUT2D eigenvalue weighted by atomic mass is 32.2. The van der Waals surface area contributed by atoms with Gasteiger partial charge in [0.15, 0.2) is 0 Å². The summed E-state index contributed by atoms with van der Waals surface area (Å²) in [5.41, 5.74) is 6.93. The van der Waals surface area contributed by atoms with Gasteiger partial charge in [0.25, 0.3) is 0 Å². The van der Waals surface area contributed by atoms with E-state index in [2.05, 4.69) is 41.8 Å². The lowest BCUT2D eigenvalue weighted by Gasteiger charge is -2.35. The molecule has 1 aromatic rings. The summed E-state index contributed by atoms with van der Waals surface area (Å²) in [6, 6.07) is 0. The minimum atomic E-state index is 0.688. The van der Waals surface area contributed by atoms with Crippen molar-refractivity contribution in [2.75, 3.05) is 23.7 Å². The molecule has 1 aliphatic heterocycles. The van der Waals surface area contributed by atoms with Crippen LogP contribution in [0.2, 0.25) is 0 Å². The van der Waals surface area contributed by atoms with Gasteiger partial charge in [-0.25, -0.2) is 0 Å². The third-order valence-electron chi connectivity index (χ3n) is 2.64. The number of nitrogen functional groups attached to an aromatic ring is 1. The Hall–Kier alpha value is -0.420. The van der Waals surface area contributed by atoms with Crippen LogP contribution in [0.3, 0.4) is 0 Å². The van der Waals surface area contributed by atoms with E-state index in [-0.39, 0.29) is 0 Å². The van der Waals surface area contributed by atoms with Crippen molar-refractivity contribution in [3.8, 4) is 0 Å². The molecule has 0 aliphatic carbocycles. The van der Waals surface area contributed by atoms with Crippen molar-refractivity contribution in [1.82, 2.24) is 4.37 Å². The average molecular weight is 243 g/mol. The normalized spacial score (nSPS) is 27.0. The van der Waals surface area contributed by atoms with E-state index >= 15 is 0 Å². The van der Waals surface area contributed by atoms with Gasteiger partial charge >= 0.3 is 0 Å². The lowest BCUT2D eigenvalue weighted by molar-refractivity contribution is 0.732. The van der Waals surface area contributed by atoms with Crippen LogP contribution in [-0.2, 0) is 0 Å². The summed E-state index contributed by atoms with van der Waals surface area (Å²) in [6.07, 6.45) is 0. The maximum absolute atomic E-state index is 5.78. The summed E-state index contributed by atoms with van der Waals surface area (Å²) in [6.45, 7) is 8.85. The first-order valence-corrected chi connectivity index (χ1v) is 6.91. The second-order valence-corrected chi connectivity index (χ2v) is 6.79. The Labute approximate surface area is 99.2 Å². The van der Waals surface area contributed by atoms with Crippen LogP contribution in [0.15, 0.2) is 0 Å². The van der Waals surface area contributed by atoms with Crippen molar-refractivity contribution in [3.63, 3.8) is 0 Å². The fourth-order valence-electron chi connectivity index (χ4n) is 1.98. The molecular formula is C10H17N3S2. The number of aromatic nitrogens is 1. The quantitative estimate of drug-likeness (QED) is 0.822. The zero-order valence-corrected chi connectivity index (χ0v) is 11.0. The smallest absolute Gasteiger partial charge is 0.142 e. The Bertz CT molecular complexity index is 340. The molecule has 2 N–H and O–H groups in total. The predicted octanol–water partition coefficient (Wildman–Crippen LogP) is 2.36. The number of nitrogens with zero attached hydrogens (tertiary/aromatic N) is 2. The van der Waals surface area contributed by atoms with Crippen molar-refractivity contribution >= 4 is 34.1 Å². The minimum absolute atomic E-state index is 0.688. The van der Waals surface area contributed by atoms with Gasteiger partial charge in [-0.05, 0) is 18.5 Å². The van der Waals surface area contributed by atoms with E-state index in [1.165, 1.54) is 16.5 Å². The maximum atomic E-state index is 5.78.